The molecule has 0 N–H and O–H groups in total. The monoisotopic (exact) mass is 647 g/mol. The second-order valence-electron chi connectivity index (χ2n) is 11.8. The Kier molecular flexibility index (Phi) is 6.93. The van der Waals surface area contributed by atoms with Crippen molar-refractivity contribution in [2.45, 2.75) is 18.8 Å². The maximum atomic E-state index is 13.5. The van der Waals surface area contributed by atoms with Crippen LogP contribution in [0.25, 0.3) is 33.4 Å². The topological polar surface area (TPSA) is 122 Å². The van der Waals surface area contributed by atoms with Gasteiger partial charge >= 0.3 is 6.03 Å². The largest absolute Gasteiger partial charge is 0.338 e. The second kappa shape index (κ2) is 11.3. The third kappa shape index (κ3) is 5.11. The lowest BCUT2D eigenvalue weighted by atomic mass is 10.1. The van der Waals surface area contributed by atoms with E-state index in [2.05, 4.69) is 19.9 Å². The minimum Gasteiger partial charge on any atom is -0.338 e. The number of pyridine rings is 4. The summed E-state index contributed by atoms with van der Waals surface area (Å²) >= 11 is 0. The molecule has 12 nitrogen and oxygen atoms in total. The van der Waals surface area contributed by atoms with Crippen molar-refractivity contribution in [1.82, 2.24) is 34.0 Å². The van der Waals surface area contributed by atoms with Gasteiger partial charge in [0.2, 0.25) is 0 Å². The highest BCUT2D eigenvalue weighted by Crippen LogP contribution is 2.30. The molecule has 8 rings (SSSR count). The number of fused-ring (bicyclic) bond motifs is 2. The van der Waals surface area contributed by atoms with Crippen molar-refractivity contribution in [3.63, 3.8) is 0 Å². The predicted molar refractivity (Wildman–Crippen MR) is 173 cm³/mol. The van der Waals surface area contributed by atoms with Crippen molar-refractivity contribution in [1.29, 1.82) is 0 Å². The second-order valence-corrected chi connectivity index (χ2v) is 11.8. The Balaban J connectivity index is 0.956. The number of aromatic nitrogens is 6. The van der Waals surface area contributed by atoms with E-state index in [9.17, 15) is 23.2 Å². The lowest BCUT2D eigenvalue weighted by molar-refractivity contribution is -0.0494. The van der Waals surface area contributed by atoms with Crippen LogP contribution >= 0.6 is 0 Å². The molecule has 6 aromatic heterocycles. The molecule has 2 aliphatic heterocycles. The fraction of sp³-hybridized carbons (Fsp3) is 0.206. The molecule has 8 heterocycles. The maximum absolute atomic E-state index is 13.5. The molecule has 0 bridgehead atoms. The third-order valence-corrected chi connectivity index (χ3v) is 8.82. The highest BCUT2D eigenvalue weighted by atomic mass is 19.3. The van der Waals surface area contributed by atoms with Crippen LogP contribution in [0.15, 0.2) is 85.7 Å². The molecule has 48 heavy (non-hydrogen) atoms. The van der Waals surface area contributed by atoms with Gasteiger partial charge in [-0.1, -0.05) is 0 Å². The zero-order chi connectivity index (χ0) is 33.0. The summed E-state index contributed by atoms with van der Waals surface area (Å²) in [4.78, 5) is 60.1. The standard InChI is InChI=1S/C34H27F2N9O3/c35-34(36)7-11-41(12-8-34)32(47)25-16-24-6-10-43(31(24)40-18-25)27-2-4-29(38-20-27)45-14-13-44(33(45)48)28-3-1-26(19-37-28)42-9-5-23-15-22(21-46)17-39-30(23)42/h1-6,9-10,15-21H,7-8,11-14H2. The minimum absolute atomic E-state index is 0.0124. The molecule has 0 radical (unpaired) electrons. The first kappa shape index (κ1) is 29.4. The number of nitrogens with zero attached hydrogens (tertiary/aromatic N) is 9. The van der Waals surface area contributed by atoms with Crippen LogP contribution < -0.4 is 9.80 Å². The fourth-order valence-corrected chi connectivity index (χ4v) is 6.21. The molecule has 2 fully saturated rings. The average molecular weight is 648 g/mol. The summed E-state index contributed by atoms with van der Waals surface area (Å²) in [6, 6.07) is 14.2. The van der Waals surface area contributed by atoms with Gasteiger partial charge in [-0.2, -0.15) is 0 Å². The van der Waals surface area contributed by atoms with Crippen molar-refractivity contribution in [2.24, 2.45) is 0 Å². The number of hydrogen-bond donors (Lipinski definition) is 0. The minimum atomic E-state index is -2.73. The van der Waals surface area contributed by atoms with Crippen LogP contribution in [0.2, 0.25) is 0 Å². The van der Waals surface area contributed by atoms with Gasteiger partial charge in [0.25, 0.3) is 11.8 Å². The van der Waals surface area contributed by atoms with Gasteiger partial charge in [-0.05, 0) is 48.5 Å². The molecule has 0 saturated carbocycles. The summed E-state index contributed by atoms with van der Waals surface area (Å²) in [6.45, 7) is 0.889. The molecule has 0 spiro atoms. The van der Waals surface area contributed by atoms with E-state index in [0.29, 0.717) is 52.8 Å². The molecule has 3 amide bonds. The summed E-state index contributed by atoms with van der Waals surface area (Å²) in [5.74, 6) is -2.03. The van der Waals surface area contributed by atoms with Crippen LogP contribution in [0.3, 0.4) is 0 Å². The first-order chi connectivity index (χ1) is 23.3. The first-order valence-electron chi connectivity index (χ1n) is 15.4. The number of aldehydes is 1. The van der Waals surface area contributed by atoms with Crippen molar-refractivity contribution in [2.75, 3.05) is 36.0 Å². The van der Waals surface area contributed by atoms with Crippen LogP contribution in [0.1, 0.15) is 33.6 Å². The van der Waals surface area contributed by atoms with E-state index in [-0.39, 0.29) is 37.9 Å². The SMILES string of the molecule is O=Cc1cnc2c(ccn2-c2ccc(N3CCN(c4ccc(-n5ccc6cc(C(=O)N7CCC(F)(F)CC7)cnc65)cn4)C3=O)nc2)c1. The van der Waals surface area contributed by atoms with E-state index in [1.54, 1.807) is 46.5 Å². The number of urea groups is 1. The van der Waals surface area contributed by atoms with Crippen LogP contribution in [-0.4, -0.2) is 84.3 Å². The Hall–Kier alpha value is -6.05. The molecule has 0 unspecified atom stereocenters. The summed E-state index contributed by atoms with van der Waals surface area (Å²) in [7, 11) is 0. The summed E-state index contributed by atoms with van der Waals surface area (Å²) in [6.07, 6.45) is 10.1. The van der Waals surface area contributed by atoms with Gasteiger partial charge in [-0.25, -0.2) is 33.5 Å². The van der Waals surface area contributed by atoms with Crippen LogP contribution in [-0.2, 0) is 0 Å². The van der Waals surface area contributed by atoms with E-state index < -0.39 is 5.92 Å². The Morgan fingerprint density at radius 2 is 1.27 bits per heavy atom. The summed E-state index contributed by atoms with van der Waals surface area (Å²) < 4.78 is 30.8. The zero-order valence-corrected chi connectivity index (χ0v) is 25.4. The summed E-state index contributed by atoms with van der Waals surface area (Å²) in [5, 5.41) is 1.56. The molecular formula is C34H27F2N9O3. The first-order valence-corrected chi connectivity index (χ1v) is 15.4. The van der Waals surface area contributed by atoms with Gasteiger partial charge in [0.1, 0.15) is 22.9 Å². The molecule has 14 heteroatoms. The summed E-state index contributed by atoms with van der Waals surface area (Å²) in [5.41, 5.74) is 3.64. The van der Waals surface area contributed by atoms with Gasteiger partial charge in [-0.15, -0.1) is 0 Å². The Labute approximate surface area is 271 Å². The normalized spacial score (nSPS) is 16.3. The number of carbonyl (C=O) groups is 3. The smallest absolute Gasteiger partial charge is 0.331 e. The van der Waals surface area contributed by atoms with Crippen molar-refractivity contribution >= 4 is 51.9 Å². The van der Waals surface area contributed by atoms with Crippen molar-refractivity contribution < 1.29 is 23.2 Å². The molecule has 0 aromatic carbocycles. The molecule has 2 aliphatic rings. The fourth-order valence-electron chi connectivity index (χ4n) is 6.21. The molecule has 2 saturated heterocycles. The van der Waals surface area contributed by atoms with Gasteiger partial charge in [0.05, 0.1) is 29.3 Å². The highest BCUT2D eigenvalue weighted by Gasteiger charge is 2.36. The number of rotatable bonds is 6. The molecule has 240 valence electrons. The lowest BCUT2D eigenvalue weighted by Gasteiger charge is -2.31. The quantitative estimate of drug-likeness (QED) is 0.225. The molecule has 0 atom stereocenters. The van der Waals surface area contributed by atoms with Crippen LogP contribution in [0, 0.1) is 0 Å². The van der Waals surface area contributed by atoms with Crippen LogP contribution in [0.5, 0.6) is 0 Å². The number of amides is 3. The van der Waals surface area contributed by atoms with E-state index in [4.69, 9.17) is 0 Å². The predicted octanol–water partition coefficient (Wildman–Crippen LogP) is 5.28. The van der Waals surface area contributed by atoms with Gasteiger partial charge in [-0.3, -0.25) is 28.5 Å². The van der Waals surface area contributed by atoms with E-state index in [1.165, 1.54) is 17.3 Å². The molecule has 0 aliphatic carbocycles. The van der Waals surface area contributed by atoms with E-state index in [0.717, 1.165) is 22.7 Å². The Bertz CT molecular complexity index is 2200. The highest BCUT2D eigenvalue weighted by molar-refractivity contribution is 6.05. The number of alkyl halides is 2. The van der Waals surface area contributed by atoms with Crippen molar-refractivity contribution in [3.8, 4) is 11.4 Å². The number of anilines is 2. The molecule has 6 aromatic rings. The number of halogens is 2. The number of likely N-dealkylation sites (tertiary alicyclic amines) is 1. The lowest BCUT2D eigenvalue weighted by Crippen LogP contribution is -2.42. The third-order valence-electron chi connectivity index (χ3n) is 8.82. The van der Waals surface area contributed by atoms with Crippen LogP contribution in [0.4, 0.5) is 25.2 Å². The van der Waals surface area contributed by atoms with Gasteiger partial charge < -0.3 is 4.90 Å². The molecular weight excluding hydrogens is 620 g/mol. The van der Waals surface area contributed by atoms with Gasteiger partial charge in [0, 0.05) is 80.1 Å². The number of piperidine rings is 1. The maximum Gasteiger partial charge on any atom is 0.331 e. The zero-order valence-electron chi connectivity index (χ0n) is 25.4. The average Bonchev–Trinajstić information content (AvgIpc) is 3.84. The van der Waals surface area contributed by atoms with Crippen molar-refractivity contribution in [3.05, 3.63) is 96.8 Å². The van der Waals surface area contributed by atoms with E-state index >= 15 is 0 Å². The number of hydrogen-bond acceptors (Lipinski definition) is 7. The van der Waals surface area contributed by atoms with Gasteiger partial charge in [0.15, 0.2) is 6.29 Å². The van der Waals surface area contributed by atoms with E-state index in [1.807, 2.05) is 45.8 Å². The number of carbonyl (C=O) groups excluding carboxylic acids is 3. The Morgan fingerprint density at radius 3 is 1.81 bits per heavy atom. The Morgan fingerprint density at radius 1 is 0.708 bits per heavy atom.